The number of nitrogens with one attached hydrogen (secondary N) is 1. The molecule has 2 rings (SSSR count). The van der Waals surface area contributed by atoms with Gasteiger partial charge in [0.2, 0.25) is 0 Å². The number of carbonyl (C=O) groups excluding carboxylic acids is 1. The molecule has 0 unspecified atom stereocenters. The SMILES string of the molecule is O=C(Nc1ccc(Cl)c(I)c1Cl)c1ccccc1. The summed E-state index contributed by atoms with van der Waals surface area (Å²) in [5.41, 5.74) is 1.14. The van der Waals surface area contributed by atoms with E-state index in [9.17, 15) is 4.79 Å². The molecule has 0 bridgehead atoms. The average molecular weight is 392 g/mol. The molecule has 2 aromatic carbocycles. The lowest BCUT2D eigenvalue weighted by molar-refractivity contribution is 0.102. The highest BCUT2D eigenvalue weighted by atomic mass is 127. The normalized spacial score (nSPS) is 10.2. The molecule has 0 aliphatic rings. The standard InChI is InChI=1S/C13H8Cl2INO/c14-9-6-7-10(11(15)12(9)16)17-13(18)8-4-2-1-3-5-8/h1-7H,(H,17,18). The van der Waals surface area contributed by atoms with Crippen molar-refractivity contribution in [1.82, 2.24) is 0 Å². The van der Waals surface area contributed by atoms with Crippen LogP contribution in [-0.4, -0.2) is 5.91 Å². The Morgan fingerprint density at radius 3 is 2.39 bits per heavy atom. The first-order valence-electron chi connectivity index (χ1n) is 5.09. The second kappa shape index (κ2) is 5.91. The number of rotatable bonds is 2. The smallest absolute Gasteiger partial charge is 0.255 e. The van der Waals surface area contributed by atoms with E-state index in [1.807, 2.05) is 40.8 Å². The largest absolute Gasteiger partial charge is 0.321 e. The first-order chi connectivity index (χ1) is 8.59. The number of amides is 1. The Bertz CT molecular complexity index is 587. The van der Waals surface area contributed by atoms with Crippen LogP contribution in [0.25, 0.3) is 0 Å². The topological polar surface area (TPSA) is 29.1 Å². The molecular formula is C13H8Cl2INO. The van der Waals surface area contributed by atoms with Crippen LogP contribution in [0, 0.1) is 3.57 Å². The maximum absolute atomic E-state index is 12.0. The van der Waals surface area contributed by atoms with Gasteiger partial charge >= 0.3 is 0 Å². The molecule has 0 aliphatic carbocycles. The minimum atomic E-state index is -0.198. The van der Waals surface area contributed by atoms with Gasteiger partial charge in [-0.15, -0.1) is 0 Å². The number of hydrogen-bond acceptors (Lipinski definition) is 1. The fourth-order valence-electron chi connectivity index (χ4n) is 1.41. The Kier molecular flexibility index (Phi) is 4.48. The summed E-state index contributed by atoms with van der Waals surface area (Å²) in [6.45, 7) is 0. The highest BCUT2D eigenvalue weighted by Crippen LogP contribution is 2.32. The predicted molar refractivity (Wildman–Crippen MR) is 83.6 cm³/mol. The highest BCUT2D eigenvalue weighted by molar-refractivity contribution is 14.1. The summed E-state index contributed by atoms with van der Waals surface area (Å²) in [6, 6.07) is 12.3. The van der Waals surface area contributed by atoms with Crippen LogP contribution < -0.4 is 5.32 Å². The molecule has 92 valence electrons. The molecule has 2 nitrogen and oxygen atoms in total. The molecule has 2 aromatic rings. The maximum atomic E-state index is 12.0. The first-order valence-corrected chi connectivity index (χ1v) is 6.93. The van der Waals surface area contributed by atoms with E-state index in [-0.39, 0.29) is 5.91 Å². The fraction of sp³-hybridized carbons (Fsp3) is 0. The van der Waals surface area contributed by atoms with E-state index in [1.165, 1.54) is 0 Å². The molecular weight excluding hydrogens is 384 g/mol. The minimum Gasteiger partial charge on any atom is -0.321 e. The van der Waals surface area contributed by atoms with Crippen LogP contribution in [0.3, 0.4) is 0 Å². The Balaban J connectivity index is 2.26. The van der Waals surface area contributed by atoms with Crippen molar-refractivity contribution < 1.29 is 4.79 Å². The predicted octanol–water partition coefficient (Wildman–Crippen LogP) is 4.85. The van der Waals surface area contributed by atoms with E-state index in [0.29, 0.717) is 21.3 Å². The number of halogens is 3. The second-order valence-electron chi connectivity index (χ2n) is 3.54. The molecule has 0 spiro atoms. The van der Waals surface area contributed by atoms with Crippen molar-refractivity contribution in [2.75, 3.05) is 5.32 Å². The third kappa shape index (κ3) is 2.96. The van der Waals surface area contributed by atoms with Crippen molar-refractivity contribution in [2.45, 2.75) is 0 Å². The molecule has 5 heteroatoms. The third-order valence-corrected chi connectivity index (χ3v) is 4.79. The summed E-state index contributed by atoms with van der Waals surface area (Å²) in [4.78, 5) is 12.0. The number of anilines is 1. The van der Waals surface area contributed by atoms with Crippen molar-refractivity contribution in [3.05, 3.63) is 61.6 Å². The number of benzene rings is 2. The monoisotopic (exact) mass is 391 g/mol. The van der Waals surface area contributed by atoms with Gasteiger partial charge in [0.15, 0.2) is 0 Å². The Morgan fingerprint density at radius 2 is 1.72 bits per heavy atom. The van der Waals surface area contributed by atoms with Gasteiger partial charge < -0.3 is 5.32 Å². The molecule has 0 heterocycles. The average Bonchev–Trinajstić information content (AvgIpc) is 2.40. The summed E-state index contributed by atoms with van der Waals surface area (Å²) in [6.07, 6.45) is 0. The summed E-state index contributed by atoms with van der Waals surface area (Å²) in [5.74, 6) is -0.198. The molecule has 1 N–H and O–H groups in total. The molecule has 0 atom stereocenters. The van der Waals surface area contributed by atoms with Crippen LogP contribution in [0.15, 0.2) is 42.5 Å². The lowest BCUT2D eigenvalue weighted by Crippen LogP contribution is -2.12. The van der Waals surface area contributed by atoms with Gasteiger partial charge in [0.25, 0.3) is 5.91 Å². The van der Waals surface area contributed by atoms with Gasteiger partial charge in [0, 0.05) is 5.56 Å². The zero-order valence-corrected chi connectivity index (χ0v) is 12.8. The number of carbonyl (C=O) groups is 1. The molecule has 0 saturated carbocycles. The number of hydrogen-bond donors (Lipinski definition) is 1. The minimum absolute atomic E-state index is 0.198. The Labute approximate surface area is 128 Å². The Morgan fingerprint density at radius 1 is 1.06 bits per heavy atom. The Hall–Kier alpha value is -0.780. The summed E-state index contributed by atoms with van der Waals surface area (Å²) >= 11 is 14.1. The lowest BCUT2D eigenvalue weighted by atomic mass is 10.2. The van der Waals surface area contributed by atoms with Crippen LogP contribution in [0.1, 0.15) is 10.4 Å². The quantitative estimate of drug-likeness (QED) is 0.575. The molecule has 0 aliphatic heterocycles. The molecule has 0 fully saturated rings. The van der Waals surface area contributed by atoms with E-state index >= 15 is 0 Å². The summed E-state index contributed by atoms with van der Waals surface area (Å²) in [5, 5.41) is 3.78. The van der Waals surface area contributed by atoms with Crippen molar-refractivity contribution in [3.63, 3.8) is 0 Å². The van der Waals surface area contributed by atoms with Gasteiger partial charge in [-0.1, -0.05) is 41.4 Å². The van der Waals surface area contributed by atoms with Crippen molar-refractivity contribution in [3.8, 4) is 0 Å². The second-order valence-corrected chi connectivity index (χ2v) is 5.41. The van der Waals surface area contributed by atoms with Crippen molar-refractivity contribution in [2.24, 2.45) is 0 Å². The molecule has 0 aromatic heterocycles. The van der Waals surface area contributed by atoms with Crippen LogP contribution in [-0.2, 0) is 0 Å². The first kappa shape index (κ1) is 13.6. The summed E-state index contributed by atoms with van der Waals surface area (Å²) < 4.78 is 0.724. The molecule has 0 radical (unpaired) electrons. The molecule has 1 amide bonds. The molecule has 18 heavy (non-hydrogen) atoms. The van der Waals surface area contributed by atoms with Gasteiger partial charge in [-0.05, 0) is 46.9 Å². The third-order valence-electron chi connectivity index (χ3n) is 2.32. The zero-order chi connectivity index (χ0) is 13.1. The van der Waals surface area contributed by atoms with Gasteiger partial charge in [0.1, 0.15) is 0 Å². The molecule has 0 saturated heterocycles. The van der Waals surface area contributed by atoms with E-state index < -0.39 is 0 Å². The van der Waals surface area contributed by atoms with Crippen molar-refractivity contribution in [1.29, 1.82) is 0 Å². The van der Waals surface area contributed by atoms with Gasteiger partial charge in [-0.25, -0.2) is 0 Å². The lowest BCUT2D eigenvalue weighted by Gasteiger charge is -2.09. The van der Waals surface area contributed by atoms with E-state index in [0.717, 1.165) is 3.57 Å². The zero-order valence-electron chi connectivity index (χ0n) is 9.08. The maximum Gasteiger partial charge on any atom is 0.255 e. The van der Waals surface area contributed by atoms with E-state index in [2.05, 4.69) is 5.32 Å². The van der Waals surface area contributed by atoms with Crippen LogP contribution in [0.2, 0.25) is 10.0 Å². The van der Waals surface area contributed by atoms with Crippen LogP contribution >= 0.6 is 45.8 Å². The van der Waals surface area contributed by atoms with E-state index in [1.54, 1.807) is 24.3 Å². The highest BCUT2D eigenvalue weighted by Gasteiger charge is 2.11. The van der Waals surface area contributed by atoms with E-state index in [4.69, 9.17) is 23.2 Å². The van der Waals surface area contributed by atoms with Gasteiger partial charge in [-0.2, -0.15) is 0 Å². The van der Waals surface area contributed by atoms with Gasteiger partial charge in [0.05, 0.1) is 19.3 Å². The fourth-order valence-corrected chi connectivity index (χ4v) is 2.29. The van der Waals surface area contributed by atoms with Crippen LogP contribution in [0.5, 0.6) is 0 Å². The van der Waals surface area contributed by atoms with Gasteiger partial charge in [-0.3, -0.25) is 4.79 Å². The summed E-state index contributed by atoms with van der Waals surface area (Å²) in [7, 11) is 0. The van der Waals surface area contributed by atoms with Crippen molar-refractivity contribution >= 4 is 57.4 Å². The van der Waals surface area contributed by atoms with Crippen LogP contribution in [0.4, 0.5) is 5.69 Å².